The van der Waals surface area contributed by atoms with Crippen LogP contribution in [0.4, 0.5) is 14.5 Å². The van der Waals surface area contributed by atoms with Crippen molar-refractivity contribution >= 4 is 58.6 Å². The van der Waals surface area contributed by atoms with E-state index < -0.39 is 88.0 Å². The molecular weight excluding hydrogens is 1030 g/mol. The summed E-state index contributed by atoms with van der Waals surface area (Å²) in [5, 5.41) is 35.9. The van der Waals surface area contributed by atoms with Gasteiger partial charge in [0.05, 0.1) is 110 Å². The minimum Gasteiger partial charge on any atom is -0.481 e. The molecule has 11 atom stereocenters. The molecule has 22 heteroatoms. The summed E-state index contributed by atoms with van der Waals surface area (Å²) in [7, 11) is 0. The molecule has 3 saturated carbocycles. The van der Waals surface area contributed by atoms with Crippen LogP contribution in [0.5, 0.6) is 0 Å². The van der Waals surface area contributed by atoms with Crippen molar-refractivity contribution in [1.82, 2.24) is 5.32 Å². The van der Waals surface area contributed by atoms with Gasteiger partial charge in [-0.25, -0.2) is 8.78 Å². The number of carbonyl (C=O) groups is 5. The second-order valence-electron chi connectivity index (χ2n) is 19.8. The van der Waals surface area contributed by atoms with Crippen LogP contribution in [-0.4, -0.2) is 178 Å². The van der Waals surface area contributed by atoms with E-state index in [0.717, 1.165) is 15.9 Å². The molecule has 0 spiro atoms. The Morgan fingerprint density at radius 1 is 0.842 bits per heavy atom. The molecule has 2 aromatic rings. The van der Waals surface area contributed by atoms with E-state index in [9.17, 15) is 34.2 Å². The summed E-state index contributed by atoms with van der Waals surface area (Å²) in [4.78, 5) is 63.4. The number of thioether (sulfide) groups is 1. The van der Waals surface area contributed by atoms with Crippen molar-refractivity contribution in [2.75, 3.05) is 104 Å². The SMILES string of the molecule is CSC(CC(=O)O)C(=O)NCCOCCOCCOCCOCCOCCOCCC(=O)Nc1cccc(Sc2ccc([C@@H]3O[C@@H]4C[C@H]5[C@@H]6C[C@H](F)C7=CC(=O)C=C[C@]7(C)[C@@]6(F)[C@@H](O)C[C@]5(C)[C@]4(C(=O)CO)O3)cc2)c1. The van der Waals surface area contributed by atoms with Crippen molar-refractivity contribution in [3.63, 3.8) is 0 Å². The molecule has 0 aromatic heterocycles. The number of aliphatic hydroxyl groups excluding tert-OH is 2. The molecule has 1 unspecified atom stereocenters. The zero-order valence-electron chi connectivity index (χ0n) is 43.0. The van der Waals surface area contributed by atoms with Gasteiger partial charge in [0.25, 0.3) is 0 Å². The number of ketones is 2. The second kappa shape index (κ2) is 27.1. The van der Waals surface area contributed by atoms with Gasteiger partial charge in [0.1, 0.15) is 12.8 Å². The normalized spacial score (nSPS) is 29.7. The van der Waals surface area contributed by atoms with Gasteiger partial charge in [0.2, 0.25) is 11.8 Å². The summed E-state index contributed by atoms with van der Waals surface area (Å²) >= 11 is 2.65. The fraction of sp³-hybridized carbons (Fsp3) is 0.611. The summed E-state index contributed by atoms with van der Waals surface area (Å²) in [5.41, 5.74) is -5.67. The molecule has 2 amide bonds. The monoisotopic (exact) mass is 1100 g/mol. The second-order valence-corrected chi connectivity index (χ2v) is 22.0. The Labute approximate surface area is 449 Å². The lowest BCUT2D eigenvalue weighted by Crippen LogP contribution is -2.70. The van der Waals surface area contributed by atoms with Crippen molar-refractivity contribution in [3.05, 3.63) is 77.9 Å². The predicted molar refractivity (Wildman–Crippen MR) is 275 cm³/mol. The van der Waals surface area contributed by atoms with E-state index in [0.29, 0.717) is 77.3 Å². The lowest BCUT2D eigenvalue weighted by atomic mass is 9.44. The van der Waals surface area contributed by atoms with Crippen molar-refractivity contribution in [1.29, 1.82) is 0 Å². The summed E-state index contributed by atoms with van der Waals surface area (Å²) in [5.74, 6) is -4.34. The van der Waals surface area contributed by atoms with Gasteiger partial charge in [-0.1, -0.05) is 43.0 Å². The van der Waals surface area contributed by atoms with E-state index in [4.69, 9.17) is 43.0 Å². The number of carboxylic acid groups (broad SMARTS) is 1. The van der Waals surface area contributed by atoms with E-state index in [2.05, 4.69) is 10.6 Å². The van der Waals surface area contributed by atoms with Crippen molar-refractivity contribution in [2.24, 2.45) is 22.7 Å². The molecule has 5 aliphatic rings. The third-order valence-corrected chi connectivity index (χ3v) is 17.2. The molecule has 18 nitrogen and oxygen atoms in total. The highest BCUT2D eigenvalue weighted by atomic mass is 32.2. The number of rotatable bonds is 31. The minimum absolute atomic E-state index is 0.00980. The summed E-state index contributed by atoms with van der Waals surface area (Å²) in [6.45, 7) is 6.88. The zero-order chi connectivity index (χ0) is 54.5. The fourth-order valence-corrected chi connectivity index (χ4v) is 13.1. The van der Waals surface area contributed by atoms with Gasteiger partial charge in [-0.05, 0) is 86.4 Å². The number of aliphatic carboxylic acids is 1. The van der Waals surface area contributed by atoms with E-state index in [1.165, 1.54) is 42.6 Å². The third kappa shape index (κ3) is 13.3. The molecule has 418 valence electrons. The predicted octanol–water partition coefficient (Wildman–Crippen LogP) is 5.23. The number of nitrogens with one attached hydrogen (secondary N) is 2. The molecule has 0 bridgehead atoms. The van der Waals surface area contributed by atoms with Crippen LogP contribution in [-0.2, 0) is 61.9 Å². The smallest absolute Gasteiger partial charge is 0.305 e. The van der Waals surface area contributed by atoms with Crippen LogP contribution >= 0.6 is 23.5 Å². The van der Waals surface area contributed by atoms with Crippen LogP contribution < -0.4 is 10.6 Å². The number of hydrogen-bond acceptors (Lipinski definition) is 17. The molecule has 76 heavy (non-hydrogen) atoms. The highest BCUT2D eigenvalue weighted by Crippen LogP contribution is 2.72. The summed E-state index contributed by atoms with van der Waals surface area (Å²) in [6, 6.07) is 14.8. The average Bonchev–Trinajstić information content (AvgIpc) is 4.11. The van der Waals surface area contributed by atoms with Crippen LogP contribution in [0.3, 0.4) is 0 Å². The van der Waals surface area contributed by atoms with Gasteiger partial charge >= 0.3 is 5.97 Å². The molecule has 2 aromatic carbocycles. The van der Waals surface area contributed by atoms with Crippen LogP contribution in [0, 0.1) is 22.7 Å². The third-order valence-electron chi connectivity index (χ3n) is 15.2. The van der Waals surface area contributed by atoms with Gasteiger partial charge in [-0.2, -0.15) is 11.8 Å². The van der Waals surface area contributed by atoms with Crippen molar-refractivity contribution in [3.8, 4) is 0 Å². The number of carbonyl (C=O) groups excluding carboxylic acids is 4. The maximum atomic E-state index is 17.8. The summed E-state index contributed by atoms with van der Waals surface area (Å²) in [6.07, 6.45) is -0.250. The molecule has 4 aliphatic carbocycles. The van der Waals surface area contributed by atoms with Gasteiger partial charge in [-0.15, -0.1) is 0 Å². The number of benzene rings is 2. The van der Waals surface area contributed by atoms with Crippen LogP contribution in [0.2, 0.25) is 0 Å². The maximum Gasteiger partial charge on any atom is 0.305 e. The number of allylic oxidation sites excluding steroid dienone is 4. The number of carboxylic acids is 1. The van der Waals surface area contributed by atoms with Crippen LogP contribution in [0.15, 0.2) is 82.1 Å². The standard InChI is InChI=1S/C54H70F2N2O16S2/c1-51-13-11-36(60)28-41(51)42(55)29-40-39-30-46-54(45(62)33-59,52(39,2)32-44(61)53(40,51)56)74-50(73-46)34-7-9-37(10-8-34)76-38-6-4-5-35(27-38)58-47(63)12-15-67-17-19-69-21-23-71-25-26-72-24-22-70-20-18-68-16-14-57-49(66)43(75-3)31-48(64)65/h4-11,13,27-28,39-40,42-44,46,50,59,61H,12,14-26,29-33H2,1-3H3,(H,57,66)(H,58,63)(H,64,65)/t39-,40-,42-,43?,44-,46+,50+,51-,52-,53-,54+/m0/s1. The number of halogens is 2. The van der Waals surface area contributed by atoms with E-state index in [1.807, 2.05) is 42.5 Å². The molecule has 1 aliphatic heterocycles. The lowest BCUT2D eigenvalue weighted by molar-refractivity contribution is -0.235. The number of hydrogen-bond donors (Lipinski definition) is 5. The first-order valence-corrected chi connectivity index (χ1v) is 27.7. The molecular formula is C54H70F2N2O16S2. The number of fused-ring (bicyclic) bond motifs is 7. The summed E-state index contributed by atoms with van der Waals surface area (Å²) < 4.78 is 79.8. The topological polar surface area (TPSA) is 244 Å². The van der Waals surface area contributed by atoms with Crippen molar-refractivity contribution < 1.29 is 86.0 Å². The van der Waals surface area contributed by atoms with Crippen LogP contribution in [0.1, 0.15) is 57.8 Å². The van der Waals surface area contributed by atoms with Crippen molar-refractivity contribution in [2.45, 2.75) is 96.9 Å². The molecule has 4 fully saturated rings. The number of aliphatic hydroxyl groups is 2. The Bertz CT molecular complexity index is 2400. The number of ether oxygens (including phenoxy) is 8. The number of Topliss-reactive ketones (excluding diaryl/α,β-unsaturated/α-hetero) is 1. The lowest BCUT2D eigenvalue weighted by Gasteiger charge is -2.63. The van der Waals surface area contributed by atoms with E-state index in [-0.39, 0.29) is 69.3 Å². The molecule has 1 heterocycles. The molecule has 7 rings (SSSR count). The zero-order valence-corrected chi connectivity index (χ0v) is 44.7. The van der Waals surface area contributed by atoms with E-state index in [1.54, 1.807) is 19.2 Å². The Morgan fingerprint density at radius 3 is 2.07 bits per heavy atom. The average molecular weight is 1110 g/mol. The number of anilines is 1. The van der Waals surface area contributed by atoms with E-state index >= 15 is 8.78 Å². The Morgan fingerprint density at radius 2 is 1.46 bits per heavy atom. The molecule has 1 saturated heterocycles. The first-order chi connectivity index (χ1) is 36.5. The van der Waals surface area contributed by atoms with Crippen LogP contribution in [0.25, 0.3) is 0 Å². The molecule has 5 N–H and O–H groups in total. The van der Waals surface area contributed by atoms with Gasteiger partial charge < -0.3 is 63.8 Å². The quantitative estimate of drug-likeness (QED) is 0.0607. The first kappa shape index (κ1) is 59.5. The minimum atomic E-state index is -2.34. The van der Waals surface area contributed by atoms with Gasteiger partial charge in [0, 0.05) is 44.3 Å². The first-order valence-electron chi connectivity index (χ1n) is 25.6. The van der Waals surface area contributed by atoms with Gasteiger partial charge in [0.15, 0.2) is 29.1 Å². The Hall–Kier alpha value is -4.17. The highest BCUT2D eigenvalue weighted by molar-refractivity contribution is 8.00. The number of alkyl halides is 2. The maximum absolute atomic E-state index is 17.8. The molecule has 0 radical (unpaired) electrons. The largest absolute Gasteiger partial charge is 0.481 e. The highest BCUT2D eigenvalue weighted by Gasteiger charge is 2.80. The fourth-order valence-electron chi connectivity index (χ4n) is 11.6. The number of amides is 2. The Kier molecular flexibility index (Phi) is 21.2. The Balaban J connectivity index is 0.748. The van der Waals surface area contributed by atoms with Gasteiger partial charge in [-0.3, -0.25) is 24.0 Å².